The molecule has 0 aliphatic heterocycles. The van der Waals surface area contributed by atoms with Crippen LogP contribution in [0, 0.1) is 0 Å². The summed E-state index contributed by atoms with van der Waals surface area (Å²) in [6.45, 7) is 8.42. The number of aliphatic hydroxyl groups excluding tert-OH is 1. The first kappa shape index (κ1) is 16.2. The number of nitrogens with zero attached hydrogens (tertiary/aromatic N) is 1. The van der Waals surface area contributed by atoms with E-state index in [2.05, 4.69) is 20.4 Å². The first-order chi connectivity index (χ1) is 9.58. The first-order valence-corrected chi connectivity index (χ1v) is 6.80. The van der Waals surface area contributed by atoms with E-state index < -0.39 is 0 Å². The van der Waals surface area contributed by atoms with Crippen molar-refractivity contribution < 1.29 is 14.6 Å². The van der Waals surface area contributed by atoms with Crippen molar-refractivity contribution in [2.45, 2.75) is 19.8 Å². The summed E-state index contributed by atoms with van der Waals surface area (Å²) >= 11 is 0. The Bertz CT molecular complexity index is 443. The fourth-order valence-electron chi connectivity index (χ4n) is 1.79. The molecule has 0 aliphatic carbocycles. The normalized spacial score (nSPS) is 10.4. The van der Waals surface area contributed by atoms with Gasteiger partial charge >= 0.3 is 0 Å². The van der Waals surface area contributed by atoms with Crippen molar-refractivity contribution >= 4 is 5.91 Å². The van der Waals surface area contributed by atoms with Gasteiger partial charge in [-0.05, 0) is 23.6 Å². The first-order valence-electron chi connectivity index (χ1n) is 6.80. The molecule has 0 atom stereocenters. The molecule has 4 nitrogen and oxygen atoms in total. The zero-order valence-electron chi connectivity index (χ0n) is 12.2. The minimum atomic E-state index is -0.158. The Morgan fingerprint density at radius 2 is 2.25 bits per heavy atom. The molecule has 1 rings (SSSR count). The molecule has 0 aliphatic rings. The molecule has 0 unspecified atom stereocenters. The van der Waals surface area contributed by atoms with E-state index in [1.165, 1.54) is 10.5 Å². The number of benzene rings is 1. The smallest absolute Gasteiger partial charge is 0.260 e. The Balaban J connectivity index is 2.59. The van der Waals surface area contributed by atoms with Gasteiger partial charge < -0.3 is 14.7 Å². The molecule has 0 fully saturated rings. The molecular formula is C16H23NO3. The van der Waals surface area contributed by atoms with Crippen LogP contribution in [0.4, 0.5) is 0 Å². The molecule has 1 aromatic carbocycles. The van der Waals surface area contributed by atoms with E-state index in [4.69, 9.17) is 9.84 Å². The highest BCUT2D eigenvalue weighted by atomic mass is 16.5. The highest BCUT2D eigenvalue weighted by molar-refractivity contribution is 5.77. The molecule has 20 heavy (non-hydrogen) atoms. The summed E-state index contributed by atoms with van der Waals surface area (Å²) in [5, 5.41) is 8.93. The number of rotatable bonds is 8. The fourth-order valence-corrected chi connectivity index (χ4v) is 1.79. The summed E-state index contributed by atoms with van der Waals surface area (Å²) < 4.78 is 5.53. The maximum Gasteiger partial charge on any atom is 0.260 e. The monoisotopic (exact) mass is 277 g/mol. The number of carbonyl (C=O) groups excluding carboxylic acids is 1. The second-order valence-electron chi connectivity index (χ2n) is 4.87. The molecule has 0 saturated heterocycles. The Kier molecular flexibility index (Phi) is 6.81. The highest BCUT2D eigenvalue weighted by Gasteiger charge is 2.12. The number of hydrogen-bond donors (Lipinski definition) is 1. The Morgan fingerprint density at radius 1 is 1.50 bits per heavy atom. The molecule has 0 bridgehead atoms. The lowest BCUT2D eigenvalue weighted by atomic mass is 10.0. The lowest BCUT2D eigenvalue weighted by Gasteiger charge is -2.20. The van der Waals surface area contributed by atoms with Gasteiger partial charge in [-0.15, -0.1) is 6.58 Å². The van der Waals surface area contributed by atoms with Crippen LogP contribution in [0.3, 0.4) is 0 Å². The predicted molar refractivity (Wildman–Crippen MR) is 79.9 cm³/mol. The third kappa shape index (κ3) is 5.05. The van der Waals surface area contributed by atoms with Gasteiger partial charge in [-0.3, -0.25) is 4.79 Å². The summed E-state index contributed by atoms with van der Waals surface area (Å²) in [5.41, 5.74) is 1.17. The van der Waals surface area contributed by atoms with Crippen LogP contribution in [-0.4, -0.2) is 42.2 Å². The summed E-state index contributed by atoms with van der Waals surface area (Å²) in [5.74, 6) is 0.946. The van der Waals surface area contributed by atoms with E-state index in [0.29, 0.717) is 24.8 Å². The molecule has 4 heteroatoms. The molecule has 0 radical (unpaired) electrons. The maximum absolute atomic E-state index is 12.0. The lowest BCUT2D eigenvalue weighted by molar-refractivity contribution is -0.133. The van der Waals surface area contributed by atoms with Gasteiger partial charge in [-0.25, -0.2) is 0 Å². The summed E-state index contributed by atoms with van der Waals surface area (Å²) in [6.07, 6.45) is 1.63. The topological polar surface area (TPSA) is 49.8 Å². The van der Waals surface area contributed by atoms with Crippen molar-refractivity contribution in [3.8, 4) is 5.75 Å². The molecular weight excluding hydrogens is 254 g/mol. The molecule has 110 valence electrons. The van der Waals surface area contributed by atoms with Crippen LogP contribution in [0.5, 0.6) is 5.75 Å². The van der Waals surface area contributed by atoms with E-state index in [1.54, 1.807) is 6.08 Å². The van der Waals surface area contributed by atoms with Crippen molar-refractivity contribution in [3.63, 3.8) is 0 Å². The van der Waals surface area contributed by atoms with E-state index in [0.717, 1.165) is 0 Å². The Hall–Kier alpha value is -1.81. The van der Waals surface area contributed by atoms with E-state index in [9.17, 15) is 4.79 Å². The molecule has 1 amide bonds. The van der Waals surface area contributed by atoms with Gasteiger partial charge in [-0.1, -0.05) is 32.1 Å². The maximum atomic E-state index is 12.0. The average Bonchev–Trinajstić information content (AvgIpc) is 2.45. The van der Waals surface area contributed by atoms with Crippen molar-refractivity contribution in [2.75, 3.05) is 26.3 Å². The van der Waals surface area contributed by atoms with Gasteiger partial charge in [0.05, 0.1) is 6.61 Å². The molecule has 0 aromatic heterocycles. The zero-order valence-corrected chi connectivity index (χ0v) is 12.2. The summed E-state index contributed by atoms with van der Waals surface area (Å²) in [4.78, 5) is 13.5. The van der Waals surface area contributed by atoms with Gasteiger partial charge in [0.2, 0.25) is 0 Å². The van der Waals surface area contributed by atoms with Crippen LogP contribution in [0.1, 0.15) is 25.3 Å². The number of ether oxygens (including phenoxy) is 1. The van der Waals surface area contributed by atoms with Crippen LogP contribution in [-0.2, 0) is 4.79 Å². The zero-order chi connectivity index (χ0) is 15.0. The molecule has 0 heterocycles. The Morgan fingerprint density at radius 3 is 2.85 bits per heavy atom. The van der Waals surface area contributed by atoms with Gasteiger partial charge in [0.1, 0.15) is 5.75 Å². The number of hydrogen-bond acceptors (Lipinski definition) is 3. The van der Waals surface area contributed by atoms with Crippen LogP contribution >= 0.6 is 0 Å². The number of aliphatic hydroxyl groups is 1. The van der Waals surface area contributed by atoms with Crippen LogP contribution in [0.15, 0.2) is 36.9 Å². The predicted octanol–water partition coefficient (Wildman–Crippen LogP) is 2.20. The SMILES string of the molecule is C=CCN(CCO)C(=O)COc1cccc(C(C)C)c1. The van der Waals surface area contributed by atoms with Gasteiger partial charge in [0.15, 0.2) is 6.61 Å². The third-order valence-corrected chi connectivity index (χ3v) is 2.96. The number of carbonyl (C=O) groups is 1. The quantitative estimate of drug-likeness (QED) is 0.741. The average molecular weight is 277 g/mol. The third-order valence-electron chi connectivity index (χ3n) is 2.96. The minimum absolute atomic E-state index is 0.0324. The van der Waals surface area contributed by atoms with Gasteiger partial charge in [0.25, 0.3) is 5.91 Å². The van der Waals surface area contributed by atoms with Gasteiger partial charge in [-0.2, -0.15) is 0 Å². The standard InChI is InChI=1S/C16H23NO3/c1-4-8-17(9-10-18)16(19)12-20-15-7-5-6-14(11-15)13(2)3/h4-7,11,13,18H,1,8-10,12H2,2-3H3. The van der Waals surface area contributed by atoms with Crippen molar-refractivity contribution in [3.05, 3.63) is 42.5 Å². The van der Waals surface area contributed by atoms with E-state index >= 15 is 0 Å². The van der Waals surface area contributed by atoms with Crippen LogP contribution in [0.2, 0.25) is 0 Å². The summed E-state index contributed by atoms with van der Waals surface area (Å²) in [7, 11) is 0. The Labute approximate surface area is 120 Å². The molecule has 1 aromatic rings. The van der Waals surface area contributed by atoms with Crippen molar-refractivity contribution in [2.24, 2.45) is 0 Å². The second-order valence-corrected chi connectivity index (χ2v) is 4.87. The second kappa shape index (κ2) is 8.38. The number of amides is 1. The van der Waals surface area contributed by atoms with E-state index in [1.807, 2.05) is 24.3 Å². The molecule has 1 N–H and O–H groups in total. The van der Waals surface area contributed by atoms with Crippen LogP contribution < -0.4 is 4.74 Å². The molecule has 0 spiro atoms. The fraction of sp³-hybridized carbons (Fsp3) is 0.438. The largest absolute Gasteiger partial charge is 0.484 e. The highest BCUT2D eigenvalue weighted by Crippen LogP contribution is 2.20. The van der Waals surface area contributed by atoms with E-state index in [-0.39, 0.29) is 19.1 Å². The summed E-state index contributed by atoms with van der Waals surface area (Å²) in [6, 6.07) is 7.74. The lowest BCUT2D eigenvalue weighted by Crippen LogP contribution is -2.37. The van der Waals surface area contributed by atoms with Gasteiger partial charge in [0, 0.05) is 13.1 Å². The van der Waals surface area contributed by atoms with Crippen LogP contribution in [0.25, 0.3) is 0 Å². The molecule has 0 saturated carbocycles. The van der Waals surface area contributed by atoms with Crippen molar-refractivity contribution in [1.82, 2.24) is 4.90 Å². The minimum Gasteiger partial charge on any atom is -0.484 e. The van der Waals surface area contributed by atoms with Crippen molar-refractivity contribution in [1.29, 1.82) is 0 Å².